The molecule has 0 atom stereocenters. The van der Waals surface area contributed by atoms with Gasteiger partial charge in [-0.05, 0) is 12.8 Å². The summed E-state index contributed by atoms with van der Waals surface area (Å²) in [6, 6.07) is 0. The number of unbranched alkanes of at least 4 members (excludes halogenated alkanes) is 31. The van der Waals surface area contributed by atoms with Crippen molar-refractivity contribution >= 4 is 33.1 Å². The topological polar surface area (TPSA) is 52.6 Å². The Labute approximate surface area is 318 Å². The number of esters is 2. The van der Waals surface area contributed by atoms with Crippen LogP contribution in [-0.4, -0.2) is 47.3 Å². The minimum absolute atomic E-state index is 0.00985. The van der Waals surface area contributed by atoms with Gasteiger partial charge in [-0.3, -0.25) is 9.59 Å². The van der Waals surface area contributed by atoms with E-state index in [4.69, 9.17) is 0 Å². The van der Waals surface area contributed by atoms with Crippen molar-refractivity contribution in [1.82, 2.24) is 0 Å². The normalized spacial score (nSPS) is 10.9. The summed E-state index contributed by atoms with van der Waals surface area (Å²) in [4.78, 5) is 21.2. The van der Waals surface area contributed by atoms with E-state index in [0.717, 1.165) is 0 Å². The molecule has 0 aliphatic heterocycles. The van der Waals surface area contributed by atoms with Crippen LogP contribution in [0.2, 0.25) is 8.87 Å². The molecule has 0 aliphatic rings. The summed E-state index contributed by atoms with van der Waals surface area (Å²) in [5.74, 6) is -0.472. The second kappa shape index (κ2) is 47.7. The molecule has 4 nitrogen and oxygen atoms in total. The van der Waals surface area contributed by atoms with E-state index < -0.39 is 0 Å². The summed E-state index contributed by atoms with van der Waals surface area (Å²) in [6.45, 7) is 4.62. The Morgan fingerprint density at radius 2 is 0.531 bits per heavy atom. The number of rotatable bonds is 39. The predicted octanol–water partition coefficient (Wildman–Crippen LogP) is 14.9. The summed E-state index contributed by atoms with van der Waals surface area (Å²) in [7, 11) is 2.70. The zero-order valence-electron chi connectivity index (χ0n) is 34.0. The molecule has 49 heavy (non-hydrogen) atoms. The number of hydrogen-bond acceptors (Lipinski definition) is 4. The first-order chi connectivity index (χ1) is 24.1. The van der Waals surface area contributed by atoms with Crippen molar-refractivity contribution in [3.8, 4) is 0 Å². The zero-order valence-corrected chi connectivity index (χ0v) is 36.9. The molecule has 0 unspecified atom stereocenters. The minimum atomic E-state index is -0.236. The van der Waals surface area contributed by atoms with Gasteiger partial charge >= 0.3 is 183 Å². The molecule has 292 valence electrons. The molecule has 0 N–H and O–H groups in total. The van der Waals surface area contributed by atoms with Gasteiger partial charge in [-0.15, -0.1) is 0 Å². The molecule has 0 aromatic rings. The van der Waals surface area contributed by atoms with Crippen LogP contribution in [0.3, 0.4) is 0 Å². The monoisotopic (exact) mass is 801 g/mol. The van der Waals surface area contributed by atoms with Crippen LogP contribution in [0.1, 0.15) is 245 Å². The second-order valence-corrected chi connectivity index (χ2v) is 19.0. The van der Waals surface area contributed by atoms with E-state index in [1.165, 1.54) is 207 Å². The summed E-state index contributed by atoms with van der Waals surface area (Å²) in [5, 5.41) is 0. The molecular weight excluding hydrogens is 711 g/mol. The predicted molar refractivity (Wildman–Crippen MR) is 217 cm³/mol. The molecular formula is C44H88O4Sn. The van der Waals surface area contributed by atoms with Gasteiger partial charge in [0, 0.05) is 12.8 Å². The van der Waals surface area contributed by atoms with Gasteiger partial charge in [0.15, 0.2) is 0 Å². The van der Waals surface area contributed by atoms with Crippen molar-refractivity contribution in [3.63, 3.8) is 0 Å². The van der Waals surface area contributed by atoms with Gasteiger partial charge in [0.2, 0.25) is 0 Å². The Morgan fingerprint density at radius 3 is 0.735 bits per heavy atom. The van der Waals surface area contributed by atoms with Crippen LogP contribution < -0.4 is 0 Å². The van der Waals surface area contributed by atoms with Crippen LogP contribution in [0, 0.1) is 0 Å². The molecule has 0 bridgehead atoms. The summed E-state index contributed by atoms with van der Waals surface area (Å²) >= 11 is 0.00985. The van der Waals surface area contributed by atoms with Crippen LogP contribution in [0.4, 0.5) is 0 Å². The summed E-state index contributed by atoms with van der Waals surface area (Å²) in [5.41, 5.74) is 0. The molecule has 5 heteroatoms. The number of carbonyl (C=O) groups excluding carboxylic acids is 2. The van der Waals surface area contributed by atoms with E-state index >= 15 is 0 Å². The van der Waals surface area contributed by atoms with E-state index in [2.05, 4.69) is 23.3 Å². The van der Waals surface area contributed by atoms with Crippen molar-refractivity contribution in [3.05, 3.63) is 0 Å². The van der Waals surface area contributed by atoms with Gasteiger partial charge in [-0.25, -0.2) is 0 Å². The number of carbonyl (C=O) groups is 2. The number of methoxy groups -OCH3 is 2. The average Bonchev–Trinajstić information content (AvgIpc) is 3.12. The van der Waals surface area contributed by atoms with Crippen LogP contribution >= 0.6 is 0 Å². The number of ether oxygens (including phenoxy) is 2. The van der Waals surface area contributed by atoms with E-state index in [0.29, 0.717) is 25.7 Å². The molecule has 0 saturated heterocycles. The van der Waals surface area contributed by atoms with Crippen molar-refractivity contribution in [2.24, 2.45) is 0 Å². The van der Waals surface area contributed by atoms with E-state index in [-0.39, 0.29) is 33.1 Å². The Hall–Kier alpha value is -0.261. The van der Waals surface area contributed by atoms with Crippen molar-refractivity contribution in [1.29, 1.82) is 0 Å². The van der Waals surface area contributed by atoms with Gasteiger partial charge in [0.25, 0.3) is 0 Å². The third kappa shape index (κ3) is 49.9. The maximum atomic E-state index is 10.6. The summed E-state index contributed by atoms with van der Waals surface area (Å²) in [6.07, 6.45) is 49.9. The van der Waals surface area contributed by atoms with Crippen molar-refractivity contribution in [2.75, 3.05) is 14.2 Å². The molecule has 2 radical (unpaired) electrons. The maximum absolute atomic E-state index is 10.6. The van der Waals surface area contributed by atoms with E-state index in [1.54, 1.807) is 21.7 Å². The number of hydrogen-bond donors (Lipinski definition) is 0. The SMILES string of the molecule is CCCCCCCCCCCCCCCCC[CH2][Sn][CH2]CCCCCCCCCCCCCCCCC.COC(=O)CCCCC(=O)OC. The Kier molecular flexibility index (Phi) is 49.5. The van der Waals surface area contributed by atoms with E-state index in [9.17, 15) is 9.59 Å². The first-order valence-corrected chi connectivity index (χ1v) is 26.0. The van der Waals surface area contributed by atoms with Gasteiger partial charge in [-0.1, -0.05) is 78.1 Å². The molecule has 0 amide bonds. The first kappa shape index (κ1) is 50.8. The van der Waals surface area contributed by atoms with Crippen LogP contribution in [-0.2, 0) is 19.1 Å². The standard InChI is InChI=1S/2C18H37.C8H14O4.Sn/c2*1-3-5-7-9-11-13-15-17-18-16-14-12-10-8-6-4-2;1-11-7(9)5-3-4-6-8(10)12-2;/h2*1,3-18H2,2H3;3-6H2,1-2H3;. The Morgan fingerprint density at radius 1 is 0.327 bits per heavy atom. The smallest absolute Gasteiger partial charge is 0.469 e. The molecule has 0 rings (SSSR count). The van der Waals surface area contributed by atoms with Crippen molar-refractivity contribution in [2.45, 2.75) is 254 Å². The van der Waals surface area contributed by atoms with Gasteiger partial charge in [0.05, 0.1) is 14.2 Å². The van der Waals surface area contributed by atoms with Crippen LogP contribution in [0.15, 0.2) is 0 Å². The molecule has 0 fully saturated rings. The molecule has 0 aliphatic carbocycles. The van der Waals surface area contributed by atoms with Gasteiger partial charge < -0.3 is 9.47 Å². The van der Waals surface area contributed by atoms with Gasteiger partial charge in [0.1, 0.15) is 0 Å². The first-order valence-electron chi connectivity index (χ1n) is 22.0. The van der Waals surface area contributed by atoms with E-state index in [1.807, 2.05) is 0 Å². The third-order valence-electron chi connectivity index (χ3n) is 9.88. The van der Waals surface area contributed by atoms with Gasteiger partial charge in [-0.2, -0.15) is 0 Å². The molecule has 0 saturated carbocycles. The third-order valence-corrected chi connectivity index (χ3v) is 13.9. The molecule has 0 heterocycles. The Balaban J connectivity index is 0. The fraction of sp³-hybridized carbons (Fsp3) is 0.955. The molecule has 0 aromatic heterocycles. The Bertz CT molecular complexity index is 574. The van der Waals surface area contributed by atoms with Crippen molar-refractivity contribution < 1.29 is 19.1 Å². The quantitative estimate of drug-likeness (QED) is 0.0353. The average molecular weight is 800 g/mol. The molecule has 0 aromatic carbocycles. The summed E-state index contributed by atoms with van der Waals surface area (Å²) < 4.78 is 12.2. The van der Waals surface area contributed by atoms with Crippen LogP contribution in [0.5, 0.6) is 0 Å². The minimum Gasteiger partial charge on any atom is -0.469 e. The zero-order chi connectivity index (χ0) is 36.1. The molecule has 0 spiro atoms. The fourth-order valence-corrected chi connectivity index (χ4v) is 10.0. The second-order valence-electron chi connectivity index (χ2n) is 14.7. The van der Waals surface area contributed by atoms with Crippen LogP contribution in [0.25, 0.3) is 0 Å². The fourth-order valence-electron chi connectivity index (χ4n) is 6.46.